The summed E-state index contributed by atoms with van der Waals surface area (Å²) in [6.45, 7) is 0. The molecule has 9 heteroatoms. The van der Waals surface area contributed by atoms with Crippen molar-refractivity contribution in [2.24, 2.45) is 0 Å². The van der Waals surface area contributed by atoms with Gasteiger partial charge in [-0.3, -0.25) is 0 Å². The van der Waals surface area contributed by atoms with Crippen molar-refractivity contribution in [3.8, 4) is 0 Å². The van der Waals surface area contributed by atoms with E-state index in [4.69, 9.17) is 0 Å². The van der Waals surface area contributed by atoms with Crippen LogP contribution in [0.5, 0.6) is 0 Å². The first-order valence-corrected chi connectivity index (χ1v) is 9.15. The zero-order valence-electron chi connectivity index (χ0n) is 6.20. The SMILES string of the molecule is [Cl-].[Cl-].c1[pH]np[c]1[Zr+2][c]1c[pH]np1. The molecule has 2 aromatic rings. The van der Waals surface area contributed by atoms with E-state index in [1.165, 1.54) is 16.7 Å². The van der Waals surface area contributed by atoms with Gasteiger partial charge in [-0.15, -0.1) is 0 Å². The van der Waals surface area contributed by atoms with Crippen molar-refractivity contribution >= 4 is 39.4 Å². The van der Waals surface area contributed by atoms with Gasteiger partial charge in [-0.25, -0.2) is 0 Å². The maximum atomic E-state index is 4.30. The van der Waals surface area contributed by atoms with Gasteiger partial charge in [-0.05, 0) is 0 Å². The van der Waals surface area contributed by atoms with Crippen LogP contribution in [0.2, 0.25) is 0 Å². The van der Waals surface area contributed by atoms with Gasteiger partial charge in [0.1, 0.15) is 0 Å². The molecule has 0 fully saturated rings. The van der Waals surface area contributed by atoms with Crippen LogP contribution < -0.4 is 30.8 Å². The Morgan fingerprint density at radius 2 is 1.46 bits per heavy atom. The first kappa shape index (κ1) is 14.7. The van der Waals surface area contributed by atoms with Gasteiger partial charge in [-0.2, -0.15) is 0 Å². The zero-order valence-corrected chi connectivity index (χ0v) is 14.0. The maximum absolute atomic E-state index is 4.30. The molecule has 0 spiro atoms. The quantitative estimate of drug-likeness (QED) is 0.538. The number of aromatic nitrogens is 2. The second kappa shape index (κ2) is 7.96. The van der Waals surface area contributed by atoms with Crippen molar-refractivity contribution in [3.05, 3.63) is 11.6 Å². The molecule has 2 atom stereocenters. The Morgan fingerprint density at radius 1 is 1.00 bits per heavy atom. The average molecular weight is 366 g/mol. The van der Waals surface area contributed by atoms with Gasteiger partial charge in [0.25, 0.3) is 0 Å². The summed E-state index contributed by atoms with van der Waals surface area (Å²) in [4.78, 5) is 0. The fraction of sp³-hybridized carbons (Fsp3) is 0. The molecule has 0 aliphatic rings. The van der Waals surface area contributed by atoms with Crippen LogP contribution in [-0.4, -0.2) is 9.02 Å². The Balaban J connectivity index is 0.000000720. The summed E-state index contributed by atoms with van der Waals surface area (Å²) in [6.07, 6.45) is 0. The predicted octanol–water partition coefficient (Wildman–Crippen LogP) is -4.26. The van der Waals surface area contributed by atoms with E-state index in [1.807, 2.05) is 0 Å². The van der Waals surface area contributed by atoms with Crippen molar-refractivity contribution < 1.29 is 48.0 Å². The topological polar surface area (TPSA) is 25.8 Å². The molecule has 2 unspecified atom stereocenters. The molecule has 2 aromatic heterocycles. The second-order valence-corrected chi connectivity index (χ2v) is 11.2. The molecule has 68 valence electrons. The number of rotatable bonds is 2. The Kier molecular flexibility index (Phi) is 9.03. The molecule has 0 saturated carbocycles. The molecule has 0 N–H and O–H groups in total. The summed E-state index contributed by atoms with van der Waals surface area (Å²) in [5.41, 5.74) is 0. The van der Waals surface area contributed by atoms with Gasteiger partial charge >= 0.3 is 83.3 Å². The first-order valence-electron chi connectivity index (χ1n) is 2.95. The van der Waals surface area contributed by atoms with Gasteiger partial charge in [0.2, 0.25) is 0 Å². The van der Waals surface area contributed by atoms with E-state index in [1.54, 1.807) is 6.01 Å². The molecular weight excluding hydrogens is 362 g/mol. The minimum absolute atomic E-state index is 0. The van der Waals surface area contributed by atoms with Gasteiger partial charge in [-0.1, -0.05) is 0 Å². The summed E-state index contributed by atoms with van der Waals surface area (Å²) >= 11 is -0.385. The zero-order chi connectivity index (χ0) is 7.52. The van der Waals surface area contributed by atoms with Gasteiger partial charge in [0.05, 0.1) is 0 Å². The number of halogens is 2. The van der Waals surface area contributed by atoms with Crippen molar-refractivity contribution in [2.45, 2.75) is 0 Å². The van der Waals surface area contributed by atoms with Crippen LogP contribution in [0.25, 0.3) is 0 Å². The molecule has 2 rings (SSSR count). The third-order valence-corrected chi connectivity index (χ3v) is 11.0. The van der Waals surface area contributed by atoms with Crippen LogP contribution in [0.4, 0.5) is 0 Å². The van der Waals surface area contributed by atoms with Gasteiger partial charge in [0.15, 0.2) is 0 Å². The molecule has 13 heavy (non-hydrogen) atoms. The van der Waals surface area contributed by atoms with E-state index < -0.39 is 0 Å². The van der Waals surface area contributed by atoms with Crippen molar-refractivity contribution in [1.29, 1.82) is 0 Å². The van der Waals surface area contributed by atoms with Crippen molar-refractivity contribution in [1.82, 2.24) is 9.02 Å². The van der Waals surface area contributed by atoms with Crippen molar-refractivity contribution in [2.75, 3.05) is 0 Å². The van der Waals surface area contributed by atoms with Crippen molar-refractivity contribution in [3.63, 3.8) is 0 Å². The average Bonchev–Trinajstić information content (AvgIpc) is 2.60. The molecule has 0 saturated heterocycles. The Labute approximate surface area is 107 Å². The molecule has 0 aromatic carbocycles. The van der Waals surface area contributed by atoms with E-state index in [2.05, 4.69) is 20.6 Å². The summed E-state index contributed by atoms with van der Waals surface area (Å²) in [5.74, 6) is 4.65. The van der Waals surface area contributed by atoms with Gasteiger partial charge in [0, 0.05) is 0 Å². The van der Waals surface area contributed by atoms with E-state index in [0.29, 0.717) is 0 Å². The fourth-order valence-electron chi connectivity index (χ4n) is 0.657. The van der Waals surface area contributed by atoms with Crippen LogP contribution in [-0.2, 0) is 23.2 Å². The molecule has 0 aliphatic carbocycles. The molecule has 0 radical (unpaired) electrons. The van der Waals surface area contributed by atoms with E-state index in [9.17, 15) is 0 Å². The van der Waals surface area contributed by atoms with Crippen LogP contribution >= 0.6 is 33.4 Å². The summed E-state index contributed by atoms with van der Waals surface area (Å²) in [7, 11) is 4.03. The monoisotopic (exact) mass is 364 g/mol. The van der Waals surface area contributed by atoms with Crippen LogP contribution in [0.1, 0.15) is 0 Å². The molecule has 0 amide bonds. The van der Waals surface area contributed by atoms with E-state index in [0.717, 1.165) is 16.7 Å². The van der Waals surface area contributed by atoms with Crippen LogP contribution in [0.15, 0.2) is 11.6 Å². The minimum atomic E-state index is -0.385. The summed E-state index contributed by atoms with van der Waals surface area (Å²) in [5, 5.41) is 0. The number of nitrogens with zero attached hydrogens (tertiary/aromatic N) is 2. The second-order valence-electron chi connectivity index (χ2n) is 1.84. The first-order chi connectivity index (χ1) is 5.45. The van der Waals surface area contributed by atoms with Crippen LogP contribution in [0, 0.1) is 0 Å². The van der Waals surface area contributed by atoms with E-state index >= 15 is 0 Å². The Morgan fingerprint density at radius 3 is 1.77 bits per heavy atom. The number of hydrogen-bond acceptors (Lipinski definition) is 2. The third-order valence-electron chi connectivity index (χ3n) is 1.09. The number of hydrogen-bond donors (Lipinski definition) is 0. The molecule has 2 heterocycles. The van der Waals surface area contributed by atoms with Gasteiger partial charge < -0.3 is 24.8 Å². The molecule has 2 nitrogen and oxygen atoms in total. The van der Waals surface area contributed by atoms with Crippen LogP contribution in [0.3, 0.4) is 0 Å². The standard InChI is InChI=1S/2C2H2NP2.2ClH.Zr/c2*1-2-5-3-4-1;;;/h2*1,4H;2*1H;/q;;;;+2/p-2. The fourth-order valence-corrected chi connectivity index (χ4v) is 11.3. The summed E-state index contributed by atoms with van der Waals surface area (Å²) < 4.78 is 11.9. The Hall–Kier alpha value is 1.74. The third kappa shape index (κ3) is 4.86. The summed E-state index contributed by atoms with van der Waals surface area (Å²) in [6, 6.07) is 0. The molecular formula is C4H4Cl2N2P4Zr. The Bertz CT molecular complexity index is 281. The molecule has 0 aliphatic heterocycles. The normalized spacial score (nSPS) is 10.5. The van der Waals surface area contributed by atoms with E-state index in [-0.39, 0.29) is 48.0 Å². The predicted molar refractivity (Wildman–Crippen MR) is 51.8 cm³/mol. The molecule has 0 bridgehead atoms.